The number of rotatable bonds is 6. The molecule has 28 heavy (non-hydrogen) atoms. The molecule has 0 spiro atoms. The van der Waals surface area contributed by atoms with Gasteiger partial charge in [-0.3, -0.25) is 4.79 Å². The van der Waals surface area contributed by atoms with Crippen molar-refractivity contribution in [2.75, 3.05) is 31.6 Å². The van der Waals surface area contributed by atoms with E-state index in [0.717, 1.165) is 42.9 Å². The molecule has 0 bridgehead atoms. The first-order valence-electron chi connectivity index (χ1n) is 9.93. The second-order valence-corrected chi connectivity index (χ2v) is 8.31. The molecular weight excluding hydrogens is 370 g/mol. The molecule has 1 unspecified atom stereocenters. The Hall–Kier alpha value is -2.44. The number of likely N-dealkylation sites (tertiary alicyclic amines) is 1. The summed E-state index contributed by atoms with van der Waals surface area (Å²) in [6.07, 6.45) is 2.29. The minimum absolute atomic E-state index is 0.0594. The predicted molar refractivity (Wildman–Crippen MR) is 113 cm³/mol. The predicted octanol–water partition coefficient (Wildman–Crippen LogP) is 3.10. The molecule has 3 aromatic rings. The van der Waals surface area contributed by atoms with Crippen molar-refractivity contribution >= 4 is 33.1 Å². The number of aromatic nitrogens is 1. The Balaban J connectivity index is 1.34. The summed E-state index contributed by atoms with van der Waals surface area (Å²) in [6, 6.07) is 15.9. The Labute approximate surface area is 169 Å². The van der Waals surface area contributed by atoms with Crippen molar-refractivity contribution < 1.29 is 14.4 Å². The number of carbonyl (C=O) groups is 1. The van der Waals surface area contributed by atoms with Crippen LogP contribution < -0.4 is 15.0 Å². The van der Waals surface area contributed by atoms with Gasteiger partial charge in [-0.15, -0.1) is 11.3 Å². The number of piperidine rings is 1. The van der Waals surface area contributed by atoms with Gasteiger partial charge in [0.05, 0.1) is 35.8 Å². The van der Waals surface area contributed by atoms with E-state index in [4.69, 9.17) is 9.72 Å². The van der Waals surface area contributed by atoms with E-state index in [9.17, 15) is 4.79 Å². The zero-order valence-corrected chi connectivity index (χ0v) is 16.9. The number of nitrogens with zero attached hydrogens (tertiary/aromatic N) is 1. The van der Waals surface area contributed by atoms with Crippen LogP contribution in [0, 0.1) is 0 Å². The molecule has 0 radical (unpaired) electrons. The van der Waals surface area contributed by atoms with Crippen molar-refractivity contribution in [3.63, 3.8) is 0 Å². The molecule has 0 saturated carbocycles. The monoisotopic (exact) mass is 396 g/mol. The molecule has 5 nitrogen and oxygen atoms in total. The lowest BCUT2D eigenvalue weighted by atomic mass is 9.99. The number of thiazole rings is 1. The highest BCUT2D eigenvalue weighted by Gasteiger charge is 2.28. The van der Waals surface area contributed by atoms with Crippen molar-refractivity contribution in [1.29, 1.82) is 0 Å². The van der Waals surface area contributed by atoms with Gasteiger partial charge in [0.2, 0.25) is 0 Å². The van der Waals surface area contributed by atoms with E-state index in [1.807, 2.05) is 37.3 Å². The van der Waals surface area contributed by atoms with Gasteiger partial charge in [0, 0.05) is 5.69 Å². The molecule has 1 aliphatic heterocycles. The second-order valence-electron chi connectivity index (χ2n) is 7.25. The number of hydrogen-bond acceptors (Lipinski definition) is 4. The molecule has 1 aromatic heterocycles. The fourth-order valence-electron chi connectivity index (χ4n) is 3.82. The van der Waals surface area contributed by atoms with Gasteiger partial charge in [0.1, 0.15) is 10.8 Å². The molecule has 2 aromatic carbocycles. The highest BCUT2D eigenvalue weighted by atomic mass is 32.1. The first kappa shape index (κ1) is 18.9. The van der Waals surface area contributed by atoms with E-state index in [1.54, 1.807) is 11.3 Å². The summed E-state index contributed by atoms with van der Waals surface area (Å²) in [5, 5.41) is 4.22. The molecule has 2 N–H and O–H groups in total. The maximum absolute atomic E-state index is 12.5. The van der Waals surface area contributed by atoms with E-state index < -0.39 is 0 Å². The standard InChI is InChI=1S/C22H25N3O2S/c1-2-27-18-11-9-17(10-12-18)23-21(26)15-25-13-5-6-16(14-25)22-24-19-7-3-4-8-20(19)28-22/h3-4,7-12,16H,2,5-6,13-15H2,1H3,(H,23,26)/p+1/t16-/m0/s1. The molecule has 1 amide bonds. The molecule has 1 saturated heterocycles. The van der Waals surface area contributed by atoms with Crippen LogP contribution in [0.1, 0.15) is 30.7 Å². The van der Waals surface area contributed by atoms with Crippen LogP contribution in [-0.2, 0) is 4.79 Å². The number of fused-ring (bicyclic) bond motifs is 1. The Morgan fingerprint density at radius 3 is 2.86 bits per heavy atom. The number of benzene rings is 2. The van der Waals surface area contributed by atoms with Gasteiger partial charge in [-0.25, -0.2) is 4.98 Å². The average molecular weight is 397 g/mol. The van der Waals surface area contributed by atoms with Crippen LogP contribution in [0.4, 0.5) is 5.69 Å². The molecular formula is C22H26N3O2S+. The molecule has 0 aliphatic carbocycles. The SMILES string of the molecule is CCOc1ccc(NC(=O)C[NH+]2CCC[C@H](c3nc4ccccc4s3)C2)cc1. The van der Waals surface area contributed by atoms with E-state index >= 15 is 0 Å². The molecule has 1 fully saturated rings. The Kier molecular flexibility index (Phi) is 5.88. The van der Waals surface area contributed by atoms with Crippen LogP contribution in [0.3, 0.4) is 0 Å². The highest BCUT2D eigenvalue weighted by Crippen LogP contribution is 2.30. The Bertz CT molecular complexity index is 905. The van der Waals surface area contributed by atoms with E-state index in [1.165, 1.54) is 14.6 Å². The van der Waals surface area contributed by atoms with Crippen molar-refractivity contribution in [3.8, 4) is 5.75 Å². The number of ether oxygens (including phenoxy) is 1. The van der Waals surface area contributed by atoms with Gasteiger partial charge in [0.15, 0.2) is 6.54 Å². The van der Waals surface area contributed by atoms with E-state index in [2.05, 4.69) is 23.5 Å². The van der Waals surface area contributed by atoms with E-state index in [0.29, 0.717) is 19.1 Å². The second kappa shape index (κ2) is 8.71. The van der Waals surface area contributed by atoms with Crippen LogP contribution in [-0.4, -0.2) is 37.1 Å². The number of anilines is 1. The summed E-state index contributed by atoms with van der Waals surface area (Å²) in [6.45, 7) is 5.10. The number of amides is 1. The summed E-state index contributed by atoms with van der Waals surface area (Å²) in [5.74, 6) is 1.32. The smallest absolute Gasteiger partial charge is 0.279 e. The van der Waals surface area contributed by atoms with Crippen LogP contribution in [0.5, 0.6) is 5.75 Å². The van der Waals surface area contributed by atoms with Gasteiger partial charge in [-0.2, -0.15) is 0 Å². The van der Waals surface area contributed by atoms with Gasteiger partial charge < -0.3 is 15.0 Å². The van der Waals surface area contributed by atoms with Crippen LogP contribution >= 0.6 is 11.3 Å². The van der Waals surface area contributed by atoms with Crippen molar-refractivity contribution in [2.24, 2.45) is 0 Å². The summed E-state index contributed by atoms with van der Waals surface area (Å²) < 4.78 is 6.69. The lowest BCUT2D eigenvalue weighted by Gasteiger charge is -2.28. The lowest BCUT2D eigenvalue weighted by Crippen LogP contribution is -3.14. The normalized spacial score (nSPS) is 19.5. The maximum atomic E-state index is 12.5. The minimum Gasteiger partial charge on any atom is -0.494 e. The number of hydrogen-bond donors (Lipinski definition) is 2. The van der Waals surface area contributed by atoms with Gasteiger partial charge in [-0.1, -0.05) is 12.1 Å². The topological polar surface area (TPSA) is 55.7 Å². The Morgan fingerprint density at radius 1 is 1.25 bits per heavy atom. The quantitative estimate of drug-likeness (QED) is 0.673. The van der Waals surface area contributed by atoms with E-state index in [-0.39, 0.29) is 5.91 Å². The van der Waals surface area contributed by atoms with Crippen molar-refractivity contribution in [3.05, 3.63) is 53.5 Å². The zero-order chi connectivity index (χ0) is 19.3. The molecule has 6 heteroatoms. The third-order valence-corrected chi connectivity index (χ3v) is 6.34. The summed E-state index contributed by atoms with van der Waals surface area (Å²) in [5.41, 5.74) is 1.90. The highest BCUT2D eigenvalue weighted by molar-refractivity contribution is 7.18. The molecule has 146 valence electrons. The Morgan fingerprint density at radius 2 is 2.07 bits per heavy atom. The molecule has 4 rings (SSSR count). The van der Waals surface area contributed by atoms with Crippen LogP contribution in [0.15, 0.2) is 48.5 Å². The largest absolute Gasteiger partial charge is 0.494 e. The summed E-state index contributed by atoms with van der Waals surface area (Å²) in [7, 11) is 0. The van der Waals surface area contributed by atoms with Gasteiger partial charge in [-0.05, 0) is 56.2 Å². The zero-order valence-electron chi connectivity index (χ0n) is 16.1. The summed E-state index contributed by atoms with van der Waals surface area (Å²) in [4.78, 5) is 18.7. The third kappa shape index (κ3) is 4.51. The number of nitrogens with one attached hydrogen (secondary N) is 2. The van der Waals surface area contributed by atoms with Gasteiger partial charge in [0.25, 0.3) is 5.91 Å². The van der Waals surface area contributed by atoms with Crippen LogP contribution in [0.25, 0.3) is 10.2 Å². The molecule has 2 atom stereocenters. The van der Waals surface area contributed by atoms with Crippen LogP contribution in [0.2, 0.25) is 0 Å². The fraction of sp³-hybridized carbons (Fsp3) is 0.364. The lowest BCUT2D eigenvalue weighted by molar-refractivity contribution is -0.898. The first-order chi connectivity index (χ1) is 13.7. The number of para-hydroxylation sites is 1. The summed E-state index contributed by atoms with van der Waals surface area (Å²) >= 11 is 1.80. The average Bonchev–Trinajstić information content (AvgIpc) is 3.14. The maximum Gasteiger partial charge on any atom is 0.279 e. The number of quaternary nitrogens is 1. The molecule has 2 heterocycles. The minimum atomic E-state index is 0.0594. The fourth-order valence-corrected chi connectivity index (χ4v) is 4.92. The van der Waals surface area contributed by atoms with Gasteiger partial charge >= 0.3 is 0 Å². The molecule has 1 aliphatic rings. The van der Waals surface area contributed by atoms with Crippen molar-refractivity contribution in [2.45, 2.75) is 25.7 Å². The number of carbonyl (C=O) groups excluding carboxylic acids is 1. The first-order valence-corrected chi connectivity index (χ1v) is 10.7. The van der Waals surface area contributed by atoms with Crippen molar-refractivity contribution in [1.82, 2.24) is 4.98 Å². The third-order valence-electron chi connectivity index (χ3n) is 5.14.